The second-order valence-electron chi connectivity index (χ2n) is 6.54. The number of likely N-dealkylation sites (N-methyl/N-ethyl adjacent to an activating group) is 1. The number of rotatable bonds is 6. The highest BCUT2D eigenvalue weighted by atomic mass is 32.1. The minimum Gasteiger partial charge on any atom is -0.481 e. The predicted octanol–water partition coefficient (Wildman–Crippen LogP) is 1.85. The van der Waals surface area contributed by atoms with Crippen molar-refractivity contribution in [2.45, 2.75) is 34.1 Å². The SMILES string of the molecule is CC(CN(C)C(=O)Cc1csc(NC(=O)C(C)(C)C)n1)C(=O)O. The normalized spacial score (nSPS) is 12.6. The van der Waals surface area contributed by atoms with E-state index in [2.05, 4.69) is 10.3 Å². The van der Waals surface area contributed by atoms with Crippen LogP contribution >= 0.6 is 11.3 Å². The molecule has 1 aromatic rings. The Kier molecular flexibility index (Phi) is 6.26. The molecule has 2 N–H and O–H groups in total. The maximum atomic E-state index is 12.1. The molecule has 1 heterocycles. The molecule has 0 aliphatic heterocycles. The molecule has 1 unspecified atom stereocenters. The van der Waals surface area contributed by atoms with Crippen LogP contribution in [0.3, 0.4) is 0 Å². The fourth-order valence-electron chi connectivity index (χ4n) is 1.61. The van der Waals surface area contributed by atoms with Gasteiger partial charge >= 0.3 is 5.97 Å². The summed E-state index contributed by atoms with van der Waals surface area (Å²) in [4.78, 5) is 40.4. The van der Waals surface area contributed by atoms with Crippen molar-refractivity contribution in [3.05, 3.63) is 11.1 Å². The third-order valence-electron chi connectivity index (χ3n) is 3.18. The zero-order chi connectivity index (χ0) is 17.8. The number of hydrogen-bond donors (Lipinski definition) is 2. The Morgan fingerprint density at radius 3 is 2.52 bits per heavy atom. The summed E-state index contributed by atoms with van der Waals surface area (Å²) in [5, 5.41) is 13.8. The zero-order valence-corrected chi connectivity index (χ0v) is 14.9. The van der Waals surface area contributed by atoms with Gasteiger partial charge in [0.15, 0.2) is 5.13 Å². The van der Waals surface area contributed by atoms with Gasteiger partial charge in [-0.2, -0.15) is 0 Å². The lowest BCUT2D eigenvalue weighted by Gasteiger charge is -2.19. The molecule has 8 heteroatoms. The van der Waals surface area contributed by atoms with E-state index in [-0.39, 0.29) is 24.8 Å². The van der Waals surface area contributed by atoms with Crippen molar-refractivity contribution in [1.82, 2.24) is 9.88 Å². The van der Waals surface area contributed by atoms with Gasteiger partial charge in [0, 0.05) is 24.4 Å². The summed E-state index contributed by atoms with van der Waals surface area (Å²) in [6.45, 7) is 7.11. The Bertz CT molecular complexity index is 592. The molecule has 2 amide bonds. The second-order valence-corrected chi connectivity index (χ2v) is 7.40. The Morgan fingerprint density at radius 1 is 1.39 bits per heavy atom. The number of anilines is 1. The van der Waals surface area contributed by atoms with Crippen molar-refractivity contribution in [3.8, 4) is 0 Å². The summed E-state index contributed by atoms with van der Waals surface area (Å²) in [7, 11) is 1.57. The van der Waals surface area contributed by atoms with E-state index in [9.17, 15) is 14.4 Å². The first-order chi connectivity index (χ1) is 10.5. The van der Waals surface area contributed by atoms with Crippen molar-refractivity contribution >= 4 is 34.3 Å². The molecule has 0 aliphatic carbocycles. The van der Waals surface area contributed by atoms with Gasteiger partial charge < -0.3 is 15.3 Å². The van der Waals surface area contributed by atoms with E-state index in [4.69, 9.17) is 5.11 Å². The van der Waals surface area contributed by atoms with Crippen LogP contribution < -0.4 is 5.32 Å². The molecule has 0 aliphatic rings. The zero-order valence-electron chi connectivity index (χ0n) is 14.0. The fraction of sp³-hybridized carbons (Fsp3) is 0.600. The lowest BCUT2D eigenvalue weighted by atomic mass is 9.96. The van der Waals surface area contributed by atoms with Crippen LogP contribution in [0.2, 0.25) is 0 Å². The number of thiazole rings is 1. The largest absolute Gasteiger partial charge is 0.481 e. The molecule has 0 radical (unpaired) electrons. The first kappa shape index (κ1) is 19.1. The molecule has 0 bridgehead atoms. The maximum absolute atomic E-state index is 12.1. The number of carbonyl (C=O) groups is 3. The second kappa shape index (κ2) is 7.54. The van der Waals surface area contributed by atoms with Gasteiger partial charge in [0.1, 0.15) is 0 Å². The van der Waals surface area contributed by atoms with Gasteiger partial charge in [-0.25, -0.2) is 4.98 Å². The number of aliphatic carboxylic acids is 1. The molecule has 128 valence electrons. The molecule has 0 fully saturated rings. The van der Waals surface area contributed by atoms with Crippen LogP contribution in [0.1, 0.15) is 33.4 Å². The van der Waals surface area contributed by atoms with E-state index in [1.54, 1.807) is 40.1 Å². The number of carbonyl (C=O) groups excluding carboxylic acids is 2. The topological polar surface area (TPSA) is 99.6 Å². The Morgan fingerprint density at radius 2 is 2.00 bits per heavy atom. The molecule has 23 heavy (non-hydrogen) atoms. The van der Waals surface area contributed by atoms with Gasteiger partial charge in [0.2, 0.25) is 11.8 Å². The van der Waals surface area contributed by atoms with E-state index in [0.717, 1.165) is 0 Å². The minimum atomic E-state index is -0.939. The van der Waals surface area contributed by atoms with Gasteiger partial charge in [0.05, 0.1) is 18.0 Å². The van der Waals surface area contributed by atoms with E-state index < -0.39 is 17.3 Å². The third-order valence-corrected chi connectivity index (χ3v) is 3.99. The molecule has 0 spiro atoms. The van der Waals surface area contributed by atoms with E-state index in [1.807, 2.05) is 0 Å². The van der Waals surface area contributed by atoms with Crippen LogP contribution in [-0.2, 0) is 20.8 Å². The highest BCUT2D eigenvalue weighted by Gasteiger charge is 2.23. The van der Waals surface area contributed by atoms with Crippen LogP contribution in [-0.4, -0.2) is 46.4 Å². The van der Waals surface area contributed by atoms with Crippen molar-refractivity contribution in [1.29, 1.82) is 0 Å². The first-order valence-corrected chi connectivity index (χ1v) is 8.11. The van der Waals surface area contributed by atoms with E-state index >= 15 is 0 Å². The average molecular weight is 341 g/mol. The van der Waals surface area contributed by atoms with Crippen LogP contribution in [0, 0.1) is 11.3 Å². The summed E-state index contributed by atoms with van der Waals surface area (Å²) < 4.78 is 0. The smallest absolute Gasteiger partial charge is 0.308 e. The Hall–Kier alpha value is -1.96. The van der Waals surface area contributed by atoms with Crippen molar-refractivity contribution < 1.29 is 19.5 Å². The molecule has 7 nitrogen and oxygen atoms in total. The van der Waals surface area contributed by atoms with Crippen LogP contribution in [0.15, 0.2) is 5.38 Å². The third kappa shape index (κ3) is 5.97. The van der Waals surface area contributed by atoms with Gasteiger partial charge in [-0.1, -0.05) is 27.7 Å². The summed E-state index contributed by atoms with van der Waals surface area (Å²) in [5.74, 6) is -1.92. The number of nitrogens with zero attached hydrogens (tertiary/aromatic N) is 2. The monoisotopic (exact) mass is 341 g/mol. The van der Waals surface area contributed by atoms with Gasteiger partial charge in [0.25, 0.3) is 0 Å². The van der Waals surface area contributed by atoms with E-state index in [0.29, 0.717) is 10.8 Å². The van der Waals surface area contributed by atoms with Crippen molar-refractivity contribution in [2.75, 3.05) is 18.9 Å². The van der Waals surface area contributed by atoms with Gasteiger partial charge in [-0.3, -0.25) is 14.4 Å². The molecule has 1 rings (SSSR count). The van der Waals surface area contributed by atoms with Gasteiger partial charge in [-0.15, -0.1) is 11.3 Å². The summed E-state index contributed by atoms with van der Waals surface area (Å²) in [6, 6.07) is 0. The van der Waals surface area contributed by atoms with Crippen molar-refractivity contribution in [3.63, 3.8) is 0 Å². The minimum absolute atomic E-state index is 0.0741. The number of aromatic nitrogens is 1. The van der Waals surface area contributed by atoms with Crippen LogP contribution in [0.5, 0.6) is 0 Å². The summed E-state index contributed by atoms with van der Waals surface area (Å²) >= 11 is 1.26. The lowest BCUT2D eigenvalue weighted by molar-refractivity contribution is -0.142. The number of nitrogens with one attached hydrogen (secondary N) is 1. The first-order valence-electron chi connectivity index (χ1n) is 7.23. The number of carboxylic acid groups (broad SMARTS) is 1. The van der Waals surface area contributed by atoms with E-state index in [1.165, 1.54) is 16.2 Å². The Labute approximate surface area is 139 Å². The molecular formula is C15H23N3O4S. The lowest BCUT2D eigenvalue weighted by Crippen LogP contribution is -2.34. The Balaban J connectivity index is 2.60. The highest BCUT2D eigenvalue weighted by Crippen LogP contribution is 2.21. The molecule has 0 aromatic carbocycles. The summed E-state index contributed by atoms with van der Waals surface area (Å²) in [6.07, 6.45) is 0.0741. The summed E-state index contributed by atoms with van der Waals surface area (Å²) in [5.41, 5.74) is 0.0357. The van der Waals surface area contributed by atoms with Crippen LogP contribution in [0.25, 0.3) is 0 Å². The fourth-order valence-corrected chi connectivity index (χ4v) is 2.32. The van der Waals surface area contributed by atoms with Gasteiger partial charge in [-0.05, 0) is 0 Å². The van der Waals surface area contributed by atoms with Crippen LogP contribution in [0.4, 0.5) is 5.13 Å². The average Bonchev–Trinajstić information content (AvgIpc) is 2.84. The number of hydrogen-bond acceptors (Lipinski definition) is 5. The molecule has 0 saturated carbocycles. The molecule has 0 saturated heterocycles. The van der Waals surface area contributed by atoms with Crippen molar-refractivity contribution in [2.24, 2.45) is 11.3 Å². The molecule has 1 atom stereocenters. The quantitative estimate of drug-likeness (QED) is 0.822. The predicted molar refractivity (Wildman–Crippen MR) is 88.3 cm³/mol. The maximum Gasteiger partial charge on any atom is 0.308 e. The number of carboxylic acids is 1. The number of amides is 2. The molecule has 1 aromatic heterocycles. The standard InChI is InChI=1S/C15H23N3O4S/c1-9(12(20)21)7-18(5)11(19)6-10-8-23-14(16-10)17-13(22)15(2,3)4/h8-9H,6-7H2,1-5H3,(H,20,21)(H,16,17,22). The highest BCUT2D eigenvalue weighted by molar-refractivity contribution is 7.13. The molecular weight excluding hydrogens is 318 g/mol.